The van der Waals surface area contributed by atoms with Gasteiger partial charge in [0.2, 0.25) is 5.91 Å². The number of ether oxygens (including phenoxy) is 1. The second-order valence-electron chi connectivity index (χ2n) is 6.55. The van der Waals surface area contributed by atoms with Crippen molar-refractivity contribution in [3.05, 3.63) is 72.0 Å². The first-order valence-electron chi connectivity index (χ1n) is 11.1. The molecule has 1 aromatic carbocycles. The van der Waals surface area contributed by atoms with Gasteiger partial charge >= 0.3 is 5.97 Å². The van der Waals surface area contributed by atoms with Crippen molar-refractivity contribution in [2.24, 2.45) is 0 Å². The zero-order valence-corrected chi connectivity index (χ0v) is 20.7. The maximum absolute atomic E-state index is 12.8. The van der Waals surface area contributed by atoms with Crippen LogP contribution in [0.15, 0.2) is 60.7 Å². The van der Waals surface area contributed by atoms with Crippen LogP contribution in [0.3, 0.4) is 0 Å². The molecule has 1 aliphatic rings. The fourth-order valence-corrected chi connectivity index (χ4v) is 4.04. The molecular weight excluding hydrogens is 424 g/mol. The average Bonchev–Trinajstić information content (AvgIpc) is 3.22. The summed E-state index contributed by atoms with van der Waals surface area (Å²) in [7, 11) is 1.33. The number of para-hydroxylation sites is 1. The zero-order chi connectivity index (χ0) is 24.3. The number of aromatic nitrogens is 1. The minimum Gasteiger partial charge on any atom is -0.467 e. The molecule has 2 atom stereocenters. The molecule has 6 heteroatoms. The minimum atomic E-state index is -0.758. The van der Waals surface area contributed by atoms with Crippen LogP contribution in [-0.2, 0) is 20.7 Å². The number of esters is 1. The number of rotatable bonds is 5. The van der Waals surface area contributed by atoms with Gasteiger partial charge in [-0.1, -0.05) is 76.8 Å². The van der Waals surface area contributed by atoms with E-state index < -0.39 is 18.1 Å². The number of aromatic amines is 1. The lowest BCUT2D eigenvalue weighted by Gasteiger charge is -2.41. The first kappa shape index (κ1) is 27.2. The molecule has 1 amide bonds. The number of hydrogen-bond donors (Lipinski definition) is 1. The second kappa shape index (κ2) is 13.6. The van der Waals surface area contributed by atoms with Crippen LogP contribution < -0.4 is 0 Å². The van der Waals surface area contributed by atoms with Crippen molar-refractivity contribution in [1.29, 1.82) is 0 Å². The molecule has 1 N–H and O–H groups in total. The summed E-state index contributed by atoms with van der Waals surface area (Å²) in [5, 5.41) is 1.04. The quantitative estimate of drug-likeness (QED) is 0.333. The Bertz CT molecular complexity index is 975. The number of allylic oxidation sites excluding steroid dienone is 3. The highest BCUT2D eigenvalue weighted by Gasteiger charge is 2.43. The molecule has 0 spiro atoms. The van der Waals surface area contributed by atoms with Crippen LogP contribution in [0.1, 0.15) is 51.9 Å². The van der Waals surface area contributed by atoms with Gasteiger partial charge in [0, 0.05) is 23.0 Å². The Hall–Kier alpha value is -2.79. The predicted molar refractivity (Wildman–Crippen MR) is 134 cm³/mol. The van der Waals surface area contributed by atoms with Gasteiger partial charge < -0.3 is 14.6 Å². The number of amides is 1. The fourth-order valence-electron chi connectivity index (χ4n) is 3.90. The fraction of sp³-hybridized carbons (Fsp3) is 0.385. The van der Waals surface area contributed by atoms with Gasteiger partial charge in [0.05, 0.1) is 13.2 Å². The zero-order valence-electron chi connectivity index (χ0n) is 19.9. The Labute approximate surface area is 196 Å². The first-order chi connectivity index (χ1) is 15.6. The molecule has 32 heavy (non-hydrogen) atoms. The first-order valence-corrected chi connectivity index (χ1v) is 11.6. The third-order valence-corrected chi connectivity index (χ3v) is 5.22. The molecule has 0 bridgehead atoms. The molecule has 0 saturated heterocycles. The van der Waals surface area contributed by atoms with Crippen LogP contribution in [0.5, 0.6) is 0 Å². The molecule has 1 aliphatic heterocycles. The van der Waals surface area contributed by atoms with E-state index in [1.54, 1.807) is 6.08 Å². The average molecular weight is 459 g/mol. The van der Waals surface area contributed by atoms with Crippen molar-refractivity contribution in [2.75, 3.05) is 13.0 Å². The summed E-state index contributed by atoms with van der Waals surface area (Å²) >= 11 is 5.92. The summed E-state index contributed by atoms with van der Waals surface area (Å²) in [6.45, 7) is 13.7. The molecule has 0 saturated carbocycles. The van der Waals surface area contributed by atoms with Crippen LogP contribution in [0.2, 0.25) is 0 Å². The number of alkyl halides is 1. The standard InChI is InChI=1S/C22H23ClN2O3.2C2H6/c1-4-8-14(9-5-2)21-20-16(15-10-6-7-11-17(15)24-20)12-18(22(27)28-3)25(21)19(26)13-23;2*1-2/h4-11,18,21,24H,1,12-13H2,2-3H3;2*1-2H3/b9-5-,14-8+;;. The van der Waals surface area contributed by atoms with Crippen LogP contribution >= 0.6 is 11.6 Å². The van der Waals surface area contributed by atoms with Crippen molar-refractivity contribution in [3.8, 4) is 0 Å². The molecule has 0 fully saturated rings. The van der Waals surface area contributed by atoms with Gasteiger partial charge in [0.25, 0.3) is 0 Å². The Morgan fingerprint density at radius 3 is 2.47 bits per heavy atom. The molecule has 174 valence electrons. The van der Waals surface area contributed by atoms with Crippen molar-refractivity contribution >= 4 is 34.4 Å². The van der Waals surface area contributed by atoms with E-state index in [1.807, 2.05) is 77.1 Å². The molecule has 1 aromatic heterocycles. The lowest BCUT2D eigenvalue weighted by Crippen LogP contribution is -2.52. The highest BCUT2D eigenvalue weighted by Crippen LogP contribution is 2.41. The van der Waals surface area contributed by atoms with E-state index in [1.165, 1.54) is 12.0 Å². The summed E-state index contributed by atoms with van der Waals surface area (Å²) in [4.78, 5) is 30.4. The summed E-state index contributed by atoms with van der Waals surface area (Å²) in [5.74, 6) is -1.01. The number of H-pyrrole nitrogens is 1. The van der Waals surface area contributed by atoms with Crippen LogP contribution in [0.4, 0.5) is 0 Å². The topological polar surface area (TPSA) is 62.4 Å². The Morgan fingerprint density at radius 1 is 1.25 bits per heavy atom. The van der Waals surface area contributed by atoms with E-state index in [9.17, 15) is 9.59 Å². The van der Waals surface area contributed by atoms with Gasteiger partial charge in [-0.05, 0) is 24.1 Å². The normalized spacial score (nSPS) is 17.6. The number of hydrogen-bond acceptors (Lipinski definition) is 3. The smallest absolute Gasteiger partial charge is 0.328 e. The molecule has 0 aliphatic carbocycles. The lowest BCUT2D eigenvalue weighted by atomic mass is 9.87. The number of halogens is 1. The van der Waals surface area contributed by atoms with Gasteiger partial charge in [0.1, 0.15) is 11.9 Å². The third-order valence-electron chi connectivity index (χ3n) is 4.99. The molecule has 2 heterocycles. The molecule has 0 radical (unpaired) electrons. The van der Waals surface area contributed by atoms with Crippen LogP contribution in [0, 0.1) is 0 Å². The van der Waals surface area contributed by atoms with Crippen LogP contribution in [-0.4, -0.2) is 40.8 Å². The number of benzene rings is 1. The van der Waals surface area contributed by atoms with Crippen molar-refractivity contribution in [1.82, 2.24) is 9.88 Å². The van der Waals surface area contributed by atoms with E-state index in [-0.39, 0.29) is 11.8 Å². The Morgan fingerprint density at radius 2 is 1.91 bits per heavy atom. The summed E-state index contributed by atoms with van der Waals surface area (Å²) in [6.07, 6.45) is 7.68. The monoisotopic (exact) mass is 458 g/mol. The molecule has 2 aromatic rings. The van der Waals surface area contributed by atoms with Gasteiger partial charge in [0.15, 0.2) is 0 Å². The van der Waals surface area contributed by atoms with E-state index >= 15 is 0 Å². The Kier molecular flexibility index (Phi) is 11.6. The predicted octanol–water partition coefficient (Wildman–Crippen LogP) is 6.12. The van der Waals surface area contributed by atoms with E-state index in [0.717, 1.165) is 27.7 Å². The number of methoxy groups -OCH3 is 1. The number of nitrogens with one attached hydrogen (secondary N) is 1. The molecule has 3 rings (SSSR count). The van der Waals surface area contributed by atoms with Crippen molar-refractivity contribution in [3.63, 3.8) is 0 Å². The highest BCUT2D eigenvalue weighted by atomic mass is 35.5. The van der Waals surface area contributed by atoms with Gasteiger partial charge in [-0.3, -0.25) is 4.79 Å². The number of carbonyl (C=O) groups excluding carboxylic acids is 2. The summed E-state index contributed by atoms with van der Waals surface area (Å²) < 4.78 is 5.02. The van der Waals surface area contributed by atoms with E-state index in [0.29, 0.717) is 6.42 Å². The van der Waals surface area contributed by atoms with Crippen molar-refractivity contribution in [2.45, 2.75) is 53.1 Å². The molecular formula is C26H35ClN2O3. The summed E-state index contributed by atoms with van der Waals surface area (Å²) in [5.41, 5.74) is 3.68. The Balaban J connectivity index is 0.00000121. The maximum atomic E-state index is 12.8. The third kappa shape index (κ3) is 5.52. The second-order valence-corrected chi connectivity index (χ2v) is 6.81. The number of carbonyl (C=O) groups is 2. The van der Waals surface area contributed by atoms with Gasteiger partial charge in [-0.2, -0.15) is 0 Å². The minimum absolute atomic E-state index is 0.225. The van der Waals surface area contributed by atoms with Crippen LogP contribution in [0.25, 0.3) is 10.9 Å². The molecule has 2 unspecified atom stereocenters. The maximum Gasteiger partial charge on any atom is 0.328 e. The number of nitrogens with zero attached hydrogens (tertiary/aromatic N) is 1. The van der Waals surface area contributed by atoms with Crippen molar-refractivity contribution < 1.29 is 14.3 Å². The number of fused-ring (bicyclic) bond motifs is 3. The molecule has 5 nitrogen and oxygen atoms in total. The van der Waals surface area contributed by atoms with Gasteiger partial charge in [-0.15, -0.1) is 11.6 Å². The SMILES string of the molecule is C=C/C=C(\C=C/C)C1c2[nH]c3ccccc3c2CC(C(=O)OC)N1C(=O)CCl.CC.CC. The van der Waals surface area contributed by atoms with E-state index in [4.69, 9.17) is 16.3 Å². The largest absolute Gasteiger partial charge is 0.467 e. The lowest BCUT2D eigenvalue weighted by molar-refractivity contribution is -0.154. The van der Waals surface area contributed by atoms with E-state index in [2.05, 4.69) is 11.6 Å². The summed E-state index contributed by atoms with van der Waals surface area (Å²) in [6, 6.07) is 6.65. The van der Waals surface area contributed by atoms with Gasteiger partial charge in [-0.25, -0.2) is 4.79 Å². The highest BCUT2D eigenvalue weighted by molar-refractivity contribution is 6.27.